The van der Waals surface area contributed by atoms with E-state index in [2.05, 4.69) is 4.72 Å². The molecule has 0 bridgehead atoms. The average molecular weight is 349 g/mol. The summed E-state index contributed by atoms with van der Waals surface area (Å²) in [4.78, 5) is 10.9. The van der Waals surface area contributed by atoms with Crippen molar-refractivity contribution in [2.75, 3.05) is 11.3 Å². The number of hydrogen-bond donors (Lipinski definition) is 2. The van der Waals surface area contributed by atoms with Gasteiger partial charge in [-0.3, -0.25) is 4.72 Å². The zero-order valence-electron chi connectivity index (χ0n) is 13.4. The number of aromatic carboxylic acids is 1. The van der Waals surface area contributed by atoms with Gasteiger partial charge in [-0.2, -0.15) is 0 Å². The third kappa shape index (κ3) is 4.26. The van der Waals surface area contributed by atoms with E-state index in [1.165, 1.54) is 30.3 Å². The molecule has 2 aromatic carbocycles. The van der Waals surface area contributed by atoms with Crippen molar-refractivity contribution >= 4 is 21.7 Å². The van der Waals surface area contributed by atoms with Crippen LogP contribution in [-0.2, 0) is 10.0 Å². The van der Waals surface area contributed by atoms with E-state index < -0.39 is 16.0 Å². The van der Waals surface area contributed by atoms with Crippen molar-refractivity contribution in [3.63, 3.8) is 0 Å². The van der Waals surface area contributed by atoms with Crippen molar-refractivity contribution in [2.45, 2.75) is 25.2 Å². The summed E-state index contributed by atoms with van der Waals surface area (Å²) in [7, 11) is -3.76. The molecule has 0 atom stereocenters. The number of hydrogen-bond acceptors (Lipinski definition) is 4. The summed E-state index contributed by atoms with van der Waals surface area (Å²) in [5.74, 6) is -0.413. The molecule has 6 nitrogen and oxygen atoms in total. The van der Waals surface area contributed by atoms with E-state index in [1.54, 1.807) is 19.1 Å². The van der Waals surface area contributed by atoms with Gasteiger partial charge in [0, 0.05) is 5.69 Å². The molecular weight excluding hydrogens is 330 g/mol. The summed E-state index contributed by atoms with van der Waals surface area (Å²) in [5.41, 5.74) is 1.11. The van der Waals surface area contributed by atoms with Crippen LogP contribution in [-0.4, -0.2) is 26.1 Å². The van der Waals surface area contributed by atoms with Crippen LogP contribution in [0.5, 0.6) is 5.75 Å². The number of anilines is 1. The average Bonchev–Trinajstić information content (AvgIpc) is 2.53. The van der Waals surface area contributed by atoms with Gasteiger partial charge in [-0.1, -0.05) is 6.92 Å². The highest BCUT2D eigenvalue weighted by atomic mass is 32.2. The van der Waals surface area contributed by atoms with Gasteiger partial charge in [0.05, 0.1) is 17.1 Å². The molecule has 0 radical (unpaired) electrons. The zero-order chi connectivity index (χ0) is 17.7. The molecule has 24 heavy (non-hydrogen) atoms. The van der Waals surface area contributed by atoms with Gasteiger partial charge >= 0.3 is 5.97 Å². The van der Waals surface area contributed by atoms with Crippen molar-refractivity contribution in [1.82, 2.24) is 0 Å². The summed E-state index contributed by atoms with van der Waals surface area (Å²) < 4.78 is 32.8. The van der Waals surface area contributed by atoms with E-state index in [1.807, 2.05) is 6.92 Å². The number of aryl methyl sites for hydroxylation is 1. The molecule has 0 saturated heterocycles. The SMILES string of the molecule is CCCOc1ccc(S(=O)(=O)Nc2ccc(C(=O)O)cc2)cc1C. The van der Waals surface area contributed by atoms with Crippen LogP contribution in [0.3, 0.4) is 0 Å². The van der Waals surface area contributed by atoms with Crippen LogP contribution in [0.4, 0.5) is 5.69 Å². The van der Waals surface area contributed by atoms with E-state index in [4.69, 9.17) is 9.84 Å². The molecule has 128 valence electrons. The molecule has 0 aliphatic heterocycles. The van der Waals surface area contributed by atoms with Gasteiger partial charge < -0.3 is 9.84 Å². The summed E-state index contributed by atoms with van der Waals surface area (Å²) in [6.45, 7) is 4.35. The Morgan fingerprint density at radius 3 is 2.38 bits per heavy atom. The Morgan fingerprint density at radius 2 is 1.83 bits per heavy atom. The highest BCUT2D eigenvalue weighted by molar-refractivity contribution is 7.92. The number of carboxylic acid groups (broad SMARTS) is 1. The van der Waals surface area contributed by atoms with Crippen molar-refractivity contribution in [3.05, 3.63) is 53.6 Å². The first-order valence-electron chi connectivity index (χ1n) is 7.43. The Balaban J connectivity index is 2.20. The molecule has 0 aliphatic carbocycles. The maximum absolute atomic E-state index is 12.4. The van der Waals surface area contributed by atoms with E-state index in [0.717, 1.165) is 12.0 Å². The number of carbonyl (C=O) groups is 1. The van der Waals surface area contributed by atoms with Gasteiger partial charge in [-0.15, -0.1) is 0 Å². The molecule has 0 heterocycles. The summed E-state index contributed by atoms with van der Waals surface area (Å²) >= 11 is 0. The van der Waals surface area contributed by atoms with E-state index >= 15 is 0 Å². The topological polar surface area (TPSA) is 92.7 Å². The lowest BCUT2D eigenvalue weighted by atomic mass is 10.2. The summed E-state index contributed by atoms with van der Waals surface area (Å²) in [5, 5.41) is 8.85. The summed E-state index contributed by atoms with van der Waals surface area (Å²) in [6, 6.07) is 10.2. The third-order valence-corrected chi connectivity index (χ3v) is 4.68. The maximum Gasteiger partial charge on any atom is 0.335 e. The number of carboxylic acids is 1. The second-order valence-corrected chi connectivity index (χ2v) is 6.95. The molecule has 2 aromatic rings. The minimum Gasteiger partial charge on any atom is -0.493 e. The van der Waals surface area contributed by atoms with Crippen LogP contribution < -0.4 is 9.46 Å². The largest absolute Gasteiger partial charge is 0.493 e. The predicted octanol–water partition coefficient (Wildman–Crippen LogP) is 3.28. The van der Waals surface area contributed by atoms with Crippen LogP contribution in [0.25, 0.3) is 0 Å². The molecule has 0 aromatic heterocycles. The normalized spacial score (nSPS) is 11.1. The van der Waals surface area contributed by atoms with Gasteiger partial charge in [0.15, 0.2) is 0 Å². The second-order valence-electron chi connectivity index (χ2n) is 5.26. The molecule has 2 rings (SSSR count). The number of rotatable bonds is 7. The third-order valence-electron chi connectivity index (χ3n) is 3.30. The molecule has 2 N–H and O–H groups in total. The minimum absolute atomic E-state index is 0.0891. The van der Waals surface area contributed by atoms with Gasteiger partial charge in [0.2, 0.25) is 0 Å². The minimum atomic E-state index is -3.76. The monoisotopic (exact) mass is 349 g/mol. The number of sulfonamides is 1. The second kappa shape index (κ2) is 7.35. The van der Waals surface area contributed by atoms with Crippen LogP contribution in [0.2, 0.25) is 0 Å². The molecular formula is C17H19NO5S. The van der Waals surface area contributed by atoms with Crippen LogP contribution >= 0.6 is 0 Å². The Labute approximate surface area is 141 Å². The fraction of sp³-hybridized carbons (Fsp3) is 0.235. The molecule has 0 saturated carbocycles. The zero-order valence-corrected chi connectivity index (χ0v) is 14.3. The van der Waals surface area contributed by atoms with Gasteiger partial charge in [0.25, 0.3) is 10.0 Å². The van der Waals surface area contributed by atoms with Gasteiger partial charge in [-0.05, 0) is 61.4 Å². The Kier molecular flexibility index (Phi) is 5.46. The first-order valence-corrected chi connectivity index (χ1v) is 8.91. The highest BCUT2D eigenvalue weighted by Gasteiger charge is 2.16. The van der Waals surface area contributed by atoms with Crippen molar-refractivity contribution in [2.24, 2.45) is 0 Å². The lowest BCUT2D eigenvalue weighted by Gasteiger charge is -2.12. The molecule has 0 amide bonds. The Bertz CT molecular complexity index is 829. The standard InChI is InChI=1S/C17H19NO5S/c1-3-10-23-16-9-8-15(11-12(16)2)24(21,22)18-14-6-4-13(5-7-14)17(19)20/h4-9,11,18H,3,10H2,1-2H3,(H,19,20). The molecule has 7 heteroatoms. The lowest BCUT2D eigenvalue weighted by molar-refractivity contribution is 0.0697. The molecule has 0 unspecified atom stereocenters. The van der Waals surface area contributed by atoms with Crippen LogP contribution in [0, 0.1) is 6.92 Å². The highest BCUT2D eigenvalue weighted by Crippen LogP contribution is 2.23. The lowest BCUT2D eigenvalue weighted by Crippen LogP contribution is -2.13. The maximum atomic E-state index is 12.4. The quantitative estimate of drug-likeness (QED) is 0.800. The van der Waals surface area contributed by atoms with Crippen LogP contribution in [0.15, 0.2) is 47.4 Å². The van der Waals surface area contributed by atoms with Crippen LogP contribution in [0.1, 0.15) is 29.3 Å². The van der Waals surface area contributed by atoms with Crippen molar-refractivity contribution in [1.29, 1.82) is 0 Å². The first-order chi connectivity index (χ1) is 11.3. The Hall–Kier alpha value is -2.54. The number of benzene rings is 2. The molecule has 0 spiro atoms. The Morgan fingerprint density at radius 1 is 1.17 bits per heavy atom. The fourth-order valence-electron chi connectivity index (χ4n) is 2.06. The number of nitrogens with one attached hydrogen (secondary N) is 1. The van der Waals surface area contributed by atoms with Crippen molar-refractivity contribution < 1.29 is 23.1 Å². The summed E-state index contributed by atoms with van der Waals surface area (Å²) in [6.07, 6.45) is 0.868. The van der Waals surface area contributed by atoms with Crippen molar-refractivity contribution in [3.8, 4) is 5.75 Å². The molecule has 0 aliphatic rings. The van der Waals surface area contributed by atoms with Gasteiger partial charge in [0.1, 0.15) is 5.75 Å². The molecule has 0 fully saturated rings. The fourth-order valence-corrected chi connectivity index (χ4v) is 3.20. The number of ether oxygens (including phenoxy) is 1. The van der Waals surface area contributed by atoms with Gasteiger partial charge in [-0.25, -0.2) is 13.2 Å². The smallest absolute Gasteiger partial charge is 0.335 e. The predicted molar refractivity (Wildman–Crippen MR) is 91.2 cm³/mol. The first kappa shape index (κ1) is 17.8. The van der Waals surface area contributed by atoms with E-state index in [9.17, 15) is 13.2 Å². The van der Waals surface area contributed by atoms with E-state index in [0.29, 0.717) is 18.0 Å². The van der Waals surface area contributed by atoms with E-state index in [-0.39, 0.29) is 10.5 Å².